The van der Waals surface area contributed by atoms with Crippen molar-refractivity contribution in [2.45, 2.75) is 26.7 Å². The van der Waals surface area contributed by atoms with Crippen LogP contribution in [0.5, 0.6) is 0 Å². The third kappa shape index (κ3) is 7.71. The van der Waals surface area contributed by atoms with Crippen LogP contribution >= 0.6 is 0 Å². The van der Waals surface area contributed by atoms with E-state index in [2.05, 4.69) is 29.8 Å². The Morgan fingerprint density at radius 3 is 2.00 bits per heavy atom. The largest absolute Gasteiger partial charge is 0.376 e. The van der Waals surface area contributed by atoms with Gasteiger partial charge in [0.2, 0.25) is 5.91 Å². The molecule has 3 N–H and O–H groups in total. The topological polar surface area (TPSA) is 90.5 Å². The standard InChI is InChI=1S/C28H32N4O3/c1-3-17-32(18-4-2)28(35)22-13-15-23(16-14-22)30-26(33)20-29-24-11-8-12-25(19-24)31-27(34)21-9-6-5-7-10-21/h5-16,19,29H,3-4,17-18,20H2,1-2H3,(H,30,33)(H,31,34). The zero-order valence-corrected chi connectivity index (χ0v) is 20.2. The van der Waals surface area contributed by atoms with Crippen LogP contribution in [0.2, 0.25) is 0 Å². The Morgan fingerprint density at radius 1 is 0.686 bits per heavy atom. The van der Waals surface area contributed by atoms with E-state index in [4.69, 9.17) is 0 Å². The summed E-state index contributed by atoms with van der Waals surface area (Å²) in [4.78, 5) is 39.3. The van der Waals surface area contributed by atoms with Crippen LogP contribution in [0.4, 0.5) is 17.1 Å². The predicted octanol–water partition coefficient (Wildman–Crippen LogP) is 5.25. The normalized spacial score (nSPS) is 10.3. The van der Waals surface area contributed by atoms with Crippen LogP contribution in [-0.2, 0) is 4.79 Å². The number of carbonyl (C=O) groups excluding carboxylic acids is 3. The maximum Gasteiger partial charge on any atom is 0.255 e. The van der Waals surface area contributed by atoms with Gasteiger partial charge in [-0.25, -0.2) is 0 Å². The van der Waals surface area contributed by atoms with Crippen molar-refractivity contribution < 1.29 is 14.4 Å². The average Bonchev–Trinajstić information content (AvgIpc) is 2.88. The first-order valence-corrected chi connectivity index (χ1v) is 11.9. The smallest absolute Gasteiger partial charge is 0.255 e. The maximum atomic E-state index is 12.7. The first-order valence-electron chi connectivity index (χ1n) is 11.9. The summed E-state index contributed by atoms with van der Waals surface area (Å²) in [5, 5.41) is 8.75. The molecule has 0 aliphatic heterocycles. The van der Waals surface area contributed by atoms with Gasteiger partial charge in [0, 0.05) is 41.3 Å². The molecule has 3 aromatic rings. The minimum absolute atomic E-state index is 0.00693. The molecule has 7 nitrogen and oxygen atoms in total. The van der Waals surface area contributed by atoms with Crippen LogP contribution in [0.15, 0.2) is 78.9 Å². The third-order valence-corrected chi connectivity index (χ3v) is 5.30. The van der Waals surface area contributed by atoms with Gasteiger partial charge in [-0.2, -0.15) is 0 Å². The number of benzene rings is 3. The van der Waals surface area contributed by atoms with Crippen molar-refractivity contribution in [2.75, 3.05) is 35.6 Å². The van der Waals surface area contributed by atoms with Gasteiger partial charge in [0.1, 0.15) is 0 Å². The Labute approximate surface area is 206 Å². The molecule has 3 amide bonds. The van der Waals surface area contributed by atoms with Crippen LogP contribution in [0.25, 0.3) is 0 Å². The van der Waals surface area contributed by atoms with Crippen molar-refractivity contribution in [3.05, 3.63) is 90.0 Å². The van der Waals surface area contributed by atoms with Crippen LogP contribution in [-0.4, -0.2) is 42.3 Å². The van der Waals surface area contributed by atoms with Crippen LogP contribution in [0.1, 0.15) is 47.4 Å². The van der Waals surface area contributed by atoms with E-state index in [-0.39, 0.29) is 24.3 Å². The molecule has 0 atom stereocenters. The summed E-state index contributed by atoms with van der Waals surface area (Å²) in [7, 11) is 0. The summed E-state index contributed by atoms with van der Waals surface area (Å²) in [6.45, 7) is 5.62. The van der Waals surface area contributed by atoms with Gasteiger partial charge in [-0.05, 0) is 67.4 Å². The zero-order valence-electron chi connectivity index (χ0n) is 20.2. The first-order chi connectivity index (χ1) is 17.0. The van der Waals surface area contributed by atoms with E-state index in [1.165, 1.54) is 0 Å². The van der Waals surface area contributed by atoms with Crippen molar-refractivity contribution in [3.8, 4) is 0 Å². The summed E-state index contributed by atoms with van der Waals surface area (Å²) in [5.41, 5.74) is 3.14. The number of hydrogen-bond donors (Lipinski definition) is 3. The van der Waals surface area contributed by atoms with Gasteiger partial charge in [-0.1, -0.05) is 38.1 Å². The molecule has 3 aromatic carbocycles. The fraction of sp³-hybridized carbons (Fsp3) is 0.250. The Hall–Kier alpha value is -4.13. The van der Waals surface area contributed by atoms with Gasteiger partial charge in [0.05, 0.1) is 6.54 Å². The van der Waals surface area contributed by atoms with Crippen molar-refractivity contribution in [1.82, 2.24) is 4.90 Å². The maximum absolute atomic E-state index is 12.7. The van der Waals surface area contributed by atoms with Crippen LogP contribution in [0.3, 0.4) is 0 Å². The SMILES string of the molecule is CCCN(CCC)C(=O)c1ccc(NC(=O)CNc2cccc(NC(=O)c3ccccc3)c2)cc1. The molecule has 0 aliphatic carbocycles. The van der Waals surface area contributed by atoms with E-state index in [9.17, 15) is 14.4 Å². The molecule has 0 spiro atoms. The van der Waals surface area contributed by atoms with E-state index in [0.717, 1.165) is 25.9 Å². The van der Waals surface area contributed by atoms with E-state index < -0.39 is 0 Å². The Bertz CT molecular complexity index is 1120. The van der Waals surface area contributed by atoms with Gasteiger partial charge in [0.15, 0.2) is 0 Å². The number of carbonyl (C=O) groups is 3. The molecule has 0 aromatic heterocycles. The molecule has 7 heteroatoms. The second-order valence-corrected chi connectivity index (χ2v) is 8.17. The molecule has 182 valence electrons. The monoisotopic (exact) mass is 472 g/mol. The summed E-state index contributed by atoms with van der Waals surface area (Å²) in [6, 6.07) is 23.1. The van der Waals surface area contributed by atoms with Gasteiger partial charge in [-0.15, -0.1) is 0 Å². The Balaban J connectivity index is 1.52. The zero-order chi connectivity index (χ0) is 25.0. The molecule has 3 rings (SSSR count). The lowest BCUT2D eigenvalue weighted by atomic mass is 10.1. The van der Waals surface area contributed by atoms with Gasteiger partial charge in [-0.3, -0.25) is 14.4 Å². The van der Waals surface area contributed by atoms with Gasteiger partial charge < -0.3 is 20.9 Å². The number of nitrogens with zero attached hydrogens (tertiary/aromatic N) is 1. The summed E-state index contributed by atoms with van der Waals surface area (Å²) >= 11 is 0. The average molecular weight is 473 g/mol. The fourth-order valence-corrected chi connectivity index (χ4v) is 3.62. The summed E-state index contributed by atoms with van der Waals surface area (Å²) in [6.07, 6.45) is 1.82. The van der Waals surface area contributed by atoms with Crippen molar-refractivity contribution in [2.24, 2.45) is 0 Å². The summed E-state index contributed by atoms with van der Waals surface area (Å²) in [5.74, 6) is -0.413. The third-order valence-electron chi connectivity index (χ3n) is 5.30. The fourth-order valence-electron chi connectivity index (χ4n) is 3.62. The molecule has 0 saturated heterocycles. The number of nitrogens with one attached hydrogen (secondary N) is 3. The van der Waals surface area contributed by atoms with E-state index in [1.54, 1.807) is 54.6 Å². The van der Waals surface area contributed by atoms with Crippen molar-refractivity contribution in [3.63, 3.8) is 0 Å². The Morgan fingerprint density at radius 2 is 1.34 bits per heavy atom. The second-order valence-electron chi connectivity index (χ2n) is 8.17. The predicted molar refractivity (Wildman–Crippen MR) is 141 cm³/mol. The van der Waals surface area contributed by atoms with E-state index in [0.29, 0.717) is 28.2 Å². The number of hydrogen-bond acceptors (Lipinski definition) is 4. The highest BCUT2D eigenvalue weighted by Crippen LogP contribution is 2.17. The van der Waals surface area contributed by atoms with Crippen LogP contribution in [0, 0.1) is 0 Å². The van der Waals surface area contributed by atoms with E-state index >= 15 is 0 Å². The highest BCUT2D eigenvalue weighted by Gasteiger charge is 2.14. The Kier molecular flexibility index (Phi) is 9.42. The summed E-state index contributed by atoms with van der Waals surface area (Å²) < 4.78 is 0. The van der Waals surface area contributed by atoms with Crippen LogP contribution < -0.4 is 16.0 Å². The minimum atomic E-state index is -0.221. The molecule has 0 unspecified atom stereocenters. The van der Waals surface area contributed by atoms with Gasteiger partial charge >= 0.3 is 0 Å². The molecular weight excluding hydrogens is 440 g/mol. The number of amides is 3. The lowest BCUT2D eigenvalue weighted by Gasteiger charge is -2.21. The molecule has 0 saturated carbocycles. The molecule has 0 bridgehead atoms. The lowest BCUT2D eigenvalue weighted by Crippen LogP contribution is -2.32. The molecule has 0 heterocycles. The molecule has 0 fully saturated rings. The second kappa shape index (κ2) is 12.9. The molecule has 0 aliphatic rings. The molecule has 0 radical (unpaired) electrons. The number of rotatable bonds is 11. The lowest BCUT2D eigenvalue weighted by molar-refractivity contribution is -0.114. The molecular formula is C28H32N4O3. The quantitative estimate of drug-likeness (QED) is 0.355. The highest BCUT2D eigenvalue weighted by molar-refractivity contribution is 6.04. The molecule has 35 heavy (non-hydrogen) atoms. The first kappa shape index (κ1) is 25.5. The highest BCUT2D eigenvalue weighted by atomic mass is 16.2. The van der Waals surface area contributed by atoms with Crippen molar-refractivity contribution in [1.29, 1.82) is 0 Å². The van der Waals surface area contributed by atoms with Crippen molar-refractivity contribution >= 4 is 34.8 Å². The van der Waals surface area contributed by atoms with E-state index in [1.807, 2.05) is 29.2 Å². The number of anilines is 3. The van der Waals surface area contributed by atoms with Gasteiger partial charge in [0.25, 0.3) is 11.8 Å². The minimum Gasteiger partial charge on any atom is -0.376 e.